The molecule has 4 aliphatic heterocycles. The monoisotopic (exact) mass is 1200 g/mol. The molecular formula is C61H86N10O15. The summed E-state index contributed by atoms with van der Waals surface area (Å²) in [5.41, 5.74) is 9.00. The van der Waals surface area contributed by atoms with E-state index in [4.69, 9.17) is 10.5 Å². The fourth-order valence-electron chi connectivity index (χ4n) is 12.6. The first-order valence-corrected chi connectivity index (χ1v) is 30.0. The lowest BCUT2D eigenvalue weighted by atomic mass is 9.84. The van der Waals surface area contributed by atoms with E-state index in [-0.39, 0.29) is 42.1 Å². The van der Waals surface area contributed by atoms with Gasteiger partial charge in [0.05, 0.1) is 43.7 Å². The maximum absolute atomic E-state index is 14.7. The Hall–Kier alpha value is -6.97. The SMILES string of the molecule is CCC1CCC(N2CCN(c3ccc(-c4ccc(C(=O)NC5C[C@@H](O)CNC(=O)[C@@H]6[C@@H](O)[C@@H](C)CN6C(=O)[C@H]([C@H](O)CCN)NC(=O)[C@H]([C@H](O)Cc6ccc(O)c(OC)c6)NC(=O)[C@@H]6C[C@@H](O)CN6C(=O)[C@H]([C@@H](C)O)NC5=O)cc4)cc3)CC2)CC1. The summed E-state index contributed by atoms with van der Waals surface area (Å²) in [5, 5.41) is 91.0. The zero-order valence-electron chi connectivity index (χ0n) is 49.3. The van der Waals surface area contributed by atoms with Gasteiger partial charge < -0.3 is 87.5 Å². The zero-order chi connectivity index (χ0) is 62.1. The number of β-amino-alcohol motifs (C(OH)–C–C–N with tert-alkyl or cyclic N) is 1. The number of anilines is 1. The third-order valence-corrected chi connectivity index (χ3v) is 17.8. The maximum Gasteiger partial charge on any atom is 0.251 e. The van der Waals surface area contributed by atoms with Crippen LogP contribution in [0.2, 0.25) is 0 Å². The van der Waals surface area contributed by atoms with E-state index >= 15 is 0 Å². The Kier molecular flexibility index (Phi) is 22.0. The van der Waals surface area contributed by atoms with Gasteiger partial charge >= 0.3 is 0 Å². The number of phenolic OH excluding ortho intramolecular Hbond substituents is 1. The van der Waals surface area contributed by atoms with E-state index < -0.39 is 152 Å². The Morgan fingerprint density at radius 2 is 1.36 bits per heavy atom. The summed E-state index contributed by atoms with van der Waals surface area (Å²) in [6.45, 7) is 7.31. The lowest BCUT2D eigenvalue weighted by molar-refractivity contribution is -0.147. The van der Waals surface area contributed by atoms with Crippen molar-refractivity contribution >= 4 is 47.0 Å². The minimum Gasteiger partial charge on any atom is -0.504 e. The van der Waals surface area contributed by atoms with Gasteiger partial charge in [0.15, 0.2) is 11.5 Å². The molecule has 4 heterocycles. The number of aliphatic hydroxyl groups is 6. The van der Waals surface area contributed by atoms with E-state index in [0.717, 1.165) is 58.7 Å². The van der Waals surface area contributed by atoms with Gasteiger partial charge in [-0.3, -0.25) is 38.5 Å². The van der Waals surface area contributed by atoms with Crippen molar-refractivity contribution in [3.63, 3.8) is 0 Å². The highest BCUT2D eigenvalue weighted by Gasteiger charge is 2.50. The second-order valence-corrected chi connectivity index (χ2v) is 23.8. The highest BCUT2D eigenvalue weighted by Crippen LogP contribution is 2.33. The number of phenols is 1. The van der Waals surface area contributed by atoms with Gasteiger partial charge in [-0.2, -0.15) is 0 Å². The molecule has 5 aliphatic rings. The summed E-state index contributed by atoms with van der Waals surface area (Å²) in [5.74, 6) is -7.50. The summed E-state index contributed by atoms with van der Waals surface area (Å²) >= 11 is 0. The molecule has 13 atom stereocenters. The number of carbonyl (C=O) groups excluding carboxylic acids is 7. The number of ether oxygens (including phenoxy) is 1. The van der Waals surface area contributed by atoms with Crippen LogP contribution >= 0.6 is 0 Å². The van der Waals surface area contributed by atoms with Crippen LogP contribution in [0.5, 0.6) is 11.5 Å². The number of aromatic hydroxyl groups is 1. The van der Waals surface area contributed by atoms with Gasteiger partial charge in [0.2, 0.25) is 35.4 Å². The minimum absolute atomic E-state index is 0.00376. The molecule has 3 aromatic rings. The van der Waals surface area contributed by atoms with Crippen LogP contribution in [0.4, 0.5) is 5.69 Å². The minimum atomic E-state index is -2.01. The Labute approximate surface area is 500 Å². The molecule has 470 valence electrons. The van der Waals surface area contributed by atoms with Gasteiger partial charge in [-0.1, -0.05) is 50.6 Å². The smallest absolute Gasteiger partial charge is 0.251 e. The second-order valence-electron chi connectivity index (χ2n) is 23.8. The number of amides is 7. The molecule has 14 N–H and O–H groups in total. The summed E-state index contributed by atoms with van der Waals surface area (Å²) in [7, 11) is 1.28. The van der Waals surface area contributed by atoms with Crippen LogP contribution in [0.3, 0.4) is 0 Å². The van der Waals surface area contributed by atoms with Crippen molar-refractivity contribution in [1.82, 2.24) is 41.3 Å². The molecule has 1 saturated carbocycles. The fourth-order valence-corrected chi connectivity index (χ4v) is 12.6. The molecule has 86 heavy (non-hydrogen) atoms. The number of methoxy groups -OCH3 is 1. The number of piperazine rings is 1. The topological polar surface area (TPSA) is 369 Å². The highest BCUT2D eigenvalue weighted by atomic mass is 16.5. The van der Waals surface area contributed by atoms with Gasteiger partial charge in [-0.15, -0.1) is 0 Å². The number of nitrogens with zero attached hydrogens (tertiary/aromatic N) is 4. The molecule has 4 saturated heterocycles. The van der Waals surface area contributed by atoms with Crippen molar-refractivity contribution in [3.05, 3.63) is 77.9 Å². The molecule has 0 radical (unpaired) electrons. The third-order valence-electron chi connectivity index (χ3n) is 17.8. The lowest BCUT2D eigenvalue weighted by Gasteiger charge is -2.42. The van der Waals surface area contributed by atoms with Gasteiger partial charge in [0.25, 0.3) is 5.91 Å². The molecule has 5 fully saturated rings. The molecule has 3 aromatic carbocycles. The molecule has 25 nitrogen and oxygen atoms in total. The summed E-state index contributed by atoms with van der Waals surface area (Å²) in [6.07, 6.45) is -5.17. The largest absolute Gasteiger partial charge is 0.504 e. The van der Waals surface area contributed by atoms with Gasteiger partial charge in [0, 0.05) is 88.3 Å². The first-order valence-electron chi connectivity index (χ1n) is 30.0. The lowest BCUT2D eigenvalue weighted by Crippen LogP contribution is -2.64. The quantitative estimate of drug-likeness (QED) is 0.0870. The number of nitrogens with two attached hydrogens (primary N) is 1. The van der Waals surface area contributed by atoms with Crippen molar-refractivity contribution < 1.29 is 74.0 Å². The maximum atomic E-state index is 14.7. The summed E-state index contributed by atoms with van der Waals surface area (Å²) in [4.78, 5) is 108. The summed E-state index contributed by atoms with van der Waals surface area (Å²) in [6, 6.07) is 8.71. The van der Waals surface area contributed by atoms with E-state index in [1.807, 2.05) is 12.1 Å². The van der Waals surface area contributed by atoms with Crippen LogP contribution in [0.15, 0.2) is 66.7 Å². The number of fused-ring (bicyclic) bond motifs is 2. The van der Waals surface area contributed by atoms with Gasteiger partial charge in [-0.25, -0.2) is 0 Å². The van der Waals surface area contributed by atoms with E-state index in [2.05, 4.69) is 55.4 Å². The van der Waals surface area contributed by atoms with E-state index in [1.54, 1.807) is 31.2 Å². The third kappa shape index (κ3) is 15.4. The van der Waals surface area contributed by atoms with Crippen molar-refractivity contribution in [3.8, 4) is 22.6 Å². The Morgan fingerprint density at radius 3 is 1.99 bits per heavy atom. The summed E-state index contributed by atoms with van der Waals surface area (Å²) < 4.78 is 5.20. The molecule has 0 spiro atoms. The van der Waals surface area contributed by atoms with Crippen LogP contribution in [0.25, 0.3) is 11.1 Å². The molecule has 0 aromatic heterocycles. The average Bonchev–Trinajstić information content (AvgIpc) is 3.63. The number of hydrogen-bond acceptors (Lipinski definition) is 18. The predicted molar refractivity (Wildman–Crippen MR) is 315 cm³/mol. The van der Waals surface area contributed by atoms with E-state index in [1.165, 1.54) is 64.3 Å². The number of benzene rings is 3. The molecule has 25 heteroatoms. The van der Waals surface area contributed by atoms with Crippen molar-refractivity contribution in [1.29, 1.82) is 0 Å². The van der Waals surface area contributed by atoms with E-state index in [0.29, 0.717) is 6.04 Å². The number of rotatable bonds is 14. The number of aliphatic hydroxyl groups excluding tert-OH is 6. The van der Waals surface area contributed by atoms with Crippen molar-refractivity contribution in [2.75, 3.05) is 64.4 Å². The van der Waals surface area contributed by atoms with E-state index in [9.17, 15) is 69.3 Å². The van der Waals surface area contributed by atoms with Crippen LogP contribution < -0.4 is 42.0 Å². The average molecular weight is 1200 g/mol. The van der Waals surface area contributed by atoms with Gasteiger partial charge in [-0.05, 0) is 105 Å². The van der Waals surface area contributed by atoms with Crippen LogP contribution in [0.1, 0.15) is 88.1 Å². The Morgan fingerprint density at radius 1 is 0.733 bits per heavy atom. The predicted octanol–water partition coefficient (Wildman–Crippen LogP) is -1.54. The molecule has 8 rings (SSSR count). The zero-order valence-corrected chi connectivity index (χ0v) is 49.3. The van der Waals surface area contributed by atoms with Crippen LogP contribution in [-0.2, 0) is 35.2 Å². The number of hydrogen-bond donors (Lipinski definition) is 13. The normalized spacial score (nSPS) is 29.7. The molecular weight excluding hydrogens is 1110 g/mol. The van der Waals surface area contributed by atoms with Gasteiger partial charge in [0.1, 0.15) is 36.3 Å². The van der Waals surface area contributed by atoms with Crippen LogP contribution in [0, 0.1) is 11.8 Å². The highest BCUT2D eigenvalue weighted by molar-refractivity contribution is 6.00. The van der Waals surface area contributed by atoms with Crippen LogP contribution in [-0.4, -0.2) is 230 Å². The Balaban J connectivity index is 1.04. The molecule has 1 unspecified atom stereocenters. The number of carbonyl (C=O) groups is 7. The first-order chi connectivity index (χ1) is 41.1. The van der Waals surface area contributed by atoms with Crippen molar-refractivity contribution in [2.24, 2.45) is 17.6 Å². The Bertz CT molecular complexity index is 2850. The van der Waals surface area contributed by atoms with Crippen molar-refractivity contribution in [2.45, 2.75) is 157 Å². The molecule has 0 bridgehead atoms. The number of nitrogens with one attached hydrogen (secondary N) is 5. The first kappa shape index (κ1) is 65.0. The standard InChI is InChI=1S/C61H86N10O15/c1-5-35-6-15-40(16-7-35)68-22-24-69(25-23-68)41-17-13-38(14-18-41)37-9-11-39(12-10-37)55(79)64-44-28-42(73)30-63-59(83)53-54(78)33(2)31-71(53)61(85)52(47(76)20-21-62)67-58(82)51(48(77)26-36-8-19-46(75)49(27-36)86-4)66-57(81)45-29-43(74)32-70(45)60(84)50(34(3)72)65-56(44)80/h8-14,17-19,27,33-35,40,42-45,47-48,50-54,72-78H,5-7,15-16,20-26,28-32,62H2,1-4H3,(H,63,83)(H,64,79)(H,65,80)(H,66,81)(H,67,82)/t33-,34+,35?,40?,42+,43+,44?,45-,47+,48+,50-,51-,52-,53-,54-/m0/s1. The fraction of sp³-hybridized carbons (Fsp3) is 0.590. The molecule has 1 aliphatic carbocycles. The molecule has 7 amide bonds. The second kappa shape index (κ2) is 29.1.